The van der Waals surface area contributed by atoms with E-state index in [0.29, 0.717) is 30.7 Å². The van der Waals surface area contributed by atoms with Gasteiger partial charge < -0.3 is 14.9 Å². The Morgan fingerprint density at radius 1 is 1.10 bits per heavy atom. The first kappa shape index (κ1) is 15.2. The minimum atomic E-state index is 0.315. The Balaban J connectivity index is 2.25. The predicted molar refractivity (Wildman–Crippen MR) is 81.2 cm³/mol. The summed E-state index contributed by atoms with van der Waals surface area (Å²) < 4.78 is 11.1. The van der Waals surface area contributed by atoms with Crippen LogP contribution in [-0.2, 0) is 11.3 Å². The minimum absolute atomic E-state index is 0.315. The normalized spacial score (nSPS) is 10.5. The fourth-order valence-electron chi connectivity index (χ4n) is 1.97. The molecule has 0 spiro atoms. The zero-order valence-electron chi connectivity index (χ0n) is 12.5. The summed E-state index contributed by atoms with van der Waals surface area (Å²) in [6.45, 7) is 6.87. The van der Waals surface area contributed by atoms with Crippen LogP contribution in [0.15, 0.2) is 24.3 Å². The lowest BCUT2D eigenvalue weighted by molar-refractivity contribution is 0.128. The molecule has 0 fully saturated rings. The number of nitrogen functional groups attached to an aromatic ring is 1. The van der Waals surface area contributed by atoms with Crippen molar-refractivity contribution in [3.63, 3.8) is 0 Å². The maximum atomic E-state index is 5.80. The highest BCUT2D eigenvalue weighted by Gasteiger charge is 2.07. The maximum absolute atomic E-state index is 5.80. The van der Waals surface area contributed by atoms with Crippen LogP contribution in [0.4, 0.5) is 5.82 Å². The topological polar surface area (TPSA) is 82.3 Å². The molecule has 0 unspecified atom stereocenters. The average molecular weight is 288 g/mol. The molecular formula is C15H20N4O2. The van der Waals surface area contributed by atoms with Gasteiger partial charge in [0.25, 0.3) is 0 Å². The Morgan fingerprint density at radius 2 is 1.81 bits per heavy atom. The van der Waals surface area contributed by atoms with Gasteiger partial charge in [-0.05, 0) is 44.0 Å². The number of benzene rings is 1. The molecule has 1 heterocycles. The van der Waals surface area contributed by atoms with Gasteiger partial charge in [0.15, 0.2) is 5.82 Å². The van der Waals surface area contributed by atoms with E-state index in [4.69, 9.17) is 15.3 Å². The van der Waals surface area contributed by atoms with Crippen molar-refractivity contribution in [2.24, 2.45) is 5.84 Å². The maximum Gasteiger partial charge on any atom is 0.224 e. The predicted octanol–water partition coefficient (Wildman–Crippen LogP) is 2.71. The zero-order valence-corrected chi connectivity index (χ0v) is 12.5. The Bertz CT molecular complexity index is 596. The summed E-state index contributed by atoms with van der Waals surface area (Å²) in [4.78, 5) is 8.53. The second-order valence-electron chi connectivity index (χ2n) is 4.71. The number of hydrogen-bond acceptors (Lipinski definition) is 6. The Morgan fingerprint density at radius 3 is 2.43 bits per heavy atom. The van der Waals surface area contributed by atoms with Crippen molar-refractivity contribution in [3.8, 4) is 11.6 Å². The summed E-state index contributed by atoms with van der Waals surface area (Å²) in [6.07, 6.45) is 0. The Hall–Kier alpha value is -2.18. The van der Waals surface area contributed by atoms with Crippen LogP contribution in [0.2, 0.25) is 0 Å². The number of hydrazine groups is 1. The fourth-order valence-corrected chi connectivity index (χ4v) is 1.97. The quantitative estimate of drug-likeness (QED) is 0.628. The second-order valence-corrected chi connectivity index (χ2v) is 4.71. The lowest BCUT2D eigenvalue weighted by Gasteiger charge is -2.10. The monoisotopic (exact) mass is 288 g/mol. The highest BCUT2D eigenvalue weighted by molar-refractivity contribution is 5.40. The highest BCUT2D eigenvalue weighted by Crippen LogP contribution is 2.24. The number of nitrogens with zero attached hydrogens (tertiary/aromatic N) is 2. The fraction of sp³-hybridized carbons (Fsp3) is 0.333. The van der Waals surface area contributed by atoms with Crippen molar-refractivity contribution in [3.05, 3.63) is 41.2 Å². The molecule has 2 aromatic rings. The van der Waals surface area contributed by atoms with E-state index in [2.05, 4.69) is 21.5 Å². The van der Waals surface area contributed by atoms with E-state index >= 15 is 0 Å². The van der Waals surface area contributed by atoms with Crippen LogP contribution < -0.4 is 16.0 Å². The first-order valence-electron chi connectivity index (χ1n) is 6.79. The molecule has 0 radical (unpaired) electrons. The summed E-state index contributed by atoms with van der Waals surface area (Å²) >= 11 is 0. The van der Waals surface area contributed by atoms with Gasteiger partial charge in [-0.1, -0.05) is 6.07 Å². The number of rotatable bonds is 6. The third-order valence-electron chi connectivity index (χ3n) is 2.75. The molecule has 2 rings (SSSR count). The number of aryl methyl sites for hydroxylation is 2. The SMILES string of the molecule is CCOCc1nc(NN)cc(Oc2cc(C)cc(C)c2)n1. The van der Waals surface area contributed by atoms with Gasteiger partial charge >= 0.3 is 0 Å². The Kier molecular flexibility index (Phi) is 5.08. The van der Waals surface area contributed by atoms with Crippen molar-refractivity contribution in [2.45, 2.75) is 27.4 Å². The molecule has 0 aliphatic heterocycles. The molecule has 0 bridgehead atoms. The third kappa shape index (κ3) is 4.40. The molecule has 6 heteroatoms. The van der Waals surface area contributed by atoms with Crippen molar-refractivity contribution >= 4 is 5.82 Å². The van der Waals surface area contributed by atoms with E-state index in [1.165, 1.54) is 0 Å². The molecule has 0 atom stereocenters. The minimum Gasteiger partial charge on any atom is -0.439 e. The molecule has 0 aliphatic carbocycles. The summed E-state index contributed by atoms with van der Waals surface area (Å²) in [6, 6.07) is 7.63. The molecule has 0 saturated carbocycles. The van der Waals surface area contributed by atoms with Gasteiger partial charge in [-0.3, -0.25) is 0 Å². The lowest BCUT2D eigenvalue weighted by atomic mass is 10.1. The summed E-state index contributed by atoms with van der Waals surface area (Å²) in [7, 11) is 0. The largest absolute Gasteiger partial charge is 0.439 e. The average Bonchev–Trinajstić information content (AvgIpc) is 2.43. The van der Waals surface area contributed by atoms with Crippen LogP contribution in [-0.4, -0.2) is 16.6 Å². The van der Waals surface area contributed by atoms with Crippen LogP contribution in [0.5, 0.6) is 11.6 Å². The van der Waals surface area contributed by atoms with Gasteiger partial charge in [0, 0.05) is 12.7 Å². The highest BCUT2D eigenvalue weighted by atomic mass is 16.5. The van der Waals surface area contributed by atoms with Crippen LogP contribution >= 0.6 is 0 Å². The van der Waals surface area contributed by atoms with Crippen molar-refractivity contribution < 1.29 is 9.47 Å². The molecule has 6 nitrogen and oxygen atoms in total. The van der Waals surface area contributed by atoms with E-state index in [1.807, 2.05) is 32.9 Å². The van der Waals surface area contributed by atoms with Gasteiger partial charge in [0.2, 0.25) is 5.88 Å². The smallest absolute Gasteiger partial charge is 0.224 e. The number of hydrogen-bond donors (Lipinski definition) is 2. The van der Waals surface area contributed by atoms with Gasteiger partial charge in [-0.25, -0.2) is 10.8 Å². The van der Waals surface area contributed by atoms with Gasteiger partial charge in [-0.15, -0.1) is 0 Å². The van der Waals surface area contributed by atoms with E-state index in [1.54, 1.807) is 6.07 Å². The third-order valence-corrected chi connectivity index (χ3v) is 2.75. The van der Waals surface area contributed by atoms with E-state index in [0.717, 1.165) is 16.9 Å². The standard InChI is InChI=1S/C15H20N4O2/c1-4-20-9-14-17-13(19-16)8-15(18-14)21-12-6-10(2)5-11(3)7-12/h5-8H,4,9,16H2,1-3H3,(H,17,18,19). The molecule has 1 aromatic carbocycles. The van der Waals surface area contributed by atoms with Crippen molar-refractivity contribution in [1.82, 2.24) is 9.97 Å². The number of aromatic nitrogens is 2. The van der Waals surface area contributed by atoms with E-state index in [9.17, 15) is 0 Å². The number of anilines is 1. The molecule has 3 N–H and O–H groups in total. The first-order valence-corrected chi connectivity index (χ1v) is 6.79. The molecular weight excluding hydrogens is 268 g/mol. The van der Waals surface area contributed by atoms with Crippen molar-refractivity contribution in [2.75, 3.05) is 12.0 Å². The first-order chi connectivity index (χ1) is 10.1. The second kappa shape index (κ2) is 7.01. The number of nitrogens with two attached hydrogens (primary N) is 1. The molecule has 1 aromatic heterocycles. The van der Waals surface area contributed by atoms with E-state index in [-0.39, 0.29) is 0 Å². The molecule has 112 valence electrons. The van der Waals surface area contributed by atoms with Gasteiger partial charge in [0.1, 0.15) is 18.2 Å². The van der Waals surface area contributed by atoms with Gasteiger partial charge in [0.05, 0.1) is 0 Å². The number of ether oxygens (including phenoxy) is 2. The molecule has 0 amide bonds. The van der Waals surface area contributed by atoms with E-state index < -0.39 is 0 Å². The summed E-state index contributed by atoms with van der Waals surface area (Å²) in [5.74, 6) is 7.59. The van der Waals surface area contributed by atoms with Crippen LogP contribution in [0.1, 0.15) is 23.9 Å². The van der Waals surface area contributed by atoms with Gasteiger partial charge in [-0.2, -0.15) is 4.98 Å². The van der Waals surface area contributed by atoms with Crippen LogP contribution in [0.25, 0.3) is 0 Å². The molecule has 0 saturated heterocycles. The molecule has 0 aliphatic rings. The molecule has 21 heavy (non-hydrogen) atoms. The van der Waals surface area contributed by atoms with Crippen LogP contribution in [0, 0.1) is 13.8 Å². The summed E-state index contributed by atoms with van der Waals surface area (Å²) in [5.41, 5.74) is 4.77. The van der Waals surface area contributed by atoms with Crippen molar-refractivity contribution in [1.29, 1.82) is 0 Å². The lowest BCUT2D eigenvalue weighted by Crippen LogP contribution is -2.11. The Labute approximate surface area is 124 Å². The number of nitrogens with one attached hydrogen (secondary N) is 1. The van der Waals surface area contributed by atoms with Crippen LogP contribution in [0.3, 0.4) is 0 Å². The zero-order chi connectivity index (χ0) is 15.2. The summed E-state index contributed by atoms with van der Waals surface area (Å²) in [5, 5.41) is 0.